The minimum Gasteiger partial charge on any atom is -0.372 e. The lowest BCUT2D eigenvalue weighted by Crippen LogP contribution is -2.01. The lowest BCUT2D eigenvalue weighted by molar-refractivity contribution is 0.627. The SMILES string of the molecule is CNc1nc(-c2cccnc2)nc2ccc(-c3cc(F)cc(Cl)c3)c(F)c12. The molecule has 0 saturated heterocycles. The average molecular weight is 383 g/mol. The van der Waals surface area contributed by atoms with E-state index in [0.717, 1.165) is 5.56 Å². The van der Waals surface area contributed by atoms with Gasteiger partial charge in [-0.05, 0) is 48.0 Å². The number of anilines is 1. The highest BCUT2D eigenvalue weighted by Crippen LogP contribution is 2.34. The summed E-state index contributed by atoms with van der Waals surface area (Å²) >= 11 is 5.91. The Hall–Kier alpha value is -3.12. The second-order valence-corrected chi connectivity index (χ2v) is 6.30. The summed E-state index contributed by atoms with van der Waals surface area (Å²) in [4.78, 5) is 12.9. The van der Waals surface area contributed by atoms with Gasteiger partial charge in [-0.2, -0.15) is 0 Å². The molecule has 2 heterocycles. The van der Waals surface area contributed by atoms with E-state index >= 15 is 4.39 Å². The maximum absolute atomic E-state index is 15.3. The fraction of sp³-hybridized carbons (Fsp3) is 0.0500. The first-order valence-electron chi connectivity index (χ1n) is 8.11. The van der Waals surface area contributed by atoms with Crippen LogP contribution < -0.4 is 5.32 Å². The number of nitrogens with one attached hydrogen (secondary N) is 1. The van der Waals surface area contributed by atoms with Gasteiger partial charge in [-0.3, -0.25) is 4.98 Å². The van der Waals surface area contributed by atoms with Gasteiger partial charge in [0.05, 0.1) is 10.9 Å². The van der Waals surface area contributed by atoms with E-state index in [2.05, 4.69) is 20.3 Å². The molecule has 2 aromatic heterocycles. The number of halogens is 3. The molecule has 0 saturated carbocycles. The Bertz CT molecular complexity index is 1130. The summed E-state index contributed by atoms with van der Waals surface area (Å²) in [6, 6.07) is 10.8. The van der Waals surface area contributed by atoms with Gasteiger partial charge in [0.1, 0.15) is 17.5 Å². The summed E-state index contributed by atoms with van der Waals surface area (Å²) in [7, 11) is 1.65. The minimum absolute atomic E-state index is 0.196. The lowest BCUT2D eigenvalue weighted by atomic mass is 10.0. The Morgan fingerprint density at radius 2 is 1.85 bits per heavy atom. The van der Waals surface area contributed by atoms with Gasteiger partial charge in [0, 0.05) is 35.6 Å². The first-order valence-corrected chi connectivity index (χ1v) is 8.49. The smallest absolute Gasteiger partial charge is 0.163 e. The topological polar surface area (TPSA) is 50.7 Å². The molecule has 0 spiro atoms. The molecule has 7 heteroatoms. The molecule has 0 unspecified atom stereocenters. The molecule has 2 aromatic carbocycles. The highest BCUT2D eigenvalue weighted by atomic mass is 35.5. The standard InChI is InChI=1S/C20H13ClF2N4/c1-24-20-17-16(26-19(27-20)11-3-2-6-25-10-11)5-4-15(18(17)23)12-7-13(21)9-14(22)8-12/h2-10H,1H3,(H,24,26,27). The molecule has 0 fully saturated rings. The second-order valence-electron chi connectivity index (χ2n) is 5.87. The maximum atomic E-state index is 15.3. The van der Waals surface area contributed by atoms with E-state index in [9.17, 15) is 4.39 Å². The monoisotopic (exact) mass is 382 g/mol. The van der Waals surface area contributed by atoms with Crippen molar-refractivity contribution in [2.24, 2.45) is 0 Å². The molecule has 4 nitrogen and oxygen atoms in total. The van der Waals surface area contributed by atoms with Crippen LogP contribution in [0.5, 0.6) is 0 Å². The minimum atomic E-state index is -0.545. The molecule has 134 valence electrons. The molecule has 0 aliphatic rings. The zero-order valence-electron chi connectivity index (χ0n) is 14.2. The zero-order chi connectivity index (χ0) is 19.0. The van der Waals surface area contributed by atoms with Crippen molar-refractivity contribution in [3.8, 4) is 22.5 Å². The third-order valence-electron chi connectivity index (χ3n) is 4.13. The zero-order valence-corrected chi connectivity index (χ0v) is 14.9. The Balaban J connectivity index is 1.95. The number of hydrogen-bond donors (Lipinski definition) is 1. The van der Waals surface area contributed by atoms with Gasteiger partial charge in [-0.15, -0.1) is 0 Å². The van der Waals surface area contributed by atoms with Crippen LogP contribution in [-0.2, 0) is 0 Å². The molecule has 27 heavy (non-hydrogen) atoms. The van der Waals surface area contributed by atoms with Crippen LogP contribution >= 0.6 is 11.6 Å². The van der Waals surface area contributed by atoms with Crippen molar-refractivity contribution in [3.63, 3.8) is 0 Å². The van der Waals surface area contributed by atoms with Crippen molar-refractivity contribution in [3.05, 3.63) is 71.5 Å². The van der Waals surface area contributed by atoms with E-state index in [4.69, 9.17) is 11.6 Å². The largest absolute Gasteiger partial charge is 0.372 e. The Labute approximate surface area is 158 Å². The normalized spacial score (nSPS) is 11.0. The Morgan fingerprint density at radius 3 is 2.56 bits per heavy atom. The van der Waals surface area contributed by atoms with E-state index in [1.807, 2.05) is 6.07 Å². The summed E-state index contributed by atoms with van der Waals surface area (Å²) in [5.74, 6) is -0.313. The van der Waals surface area contributed by atoms with Crippen LogP contribution in [0.2, 0.25) is 5.02 Å². The predicted octanol–water partition coefficient (Wildman–Crippen LogP) is 5.33. The van der Waals surface area contributed by atoms with Crippen LogP contribution in [0.25, 0.3) is 33.4 Å². The molecule has 0 bridgehead atoms. The summed E-state index contributed by atoms with van der Waals surface area (Å²) in [5, 5.41) is 3.33. The van der Waals surface area contributed by atoms with E-state index in [1.54, 1.807) is 37.6 Å². The van der Waals surface area contributed by atoms with Crippen molar-refractivity contribution < 1.29 is 8.78 Å². The van der Waals surface area contributed by atoms with Crippen molar-refractivity contribution in [2.45, 2.75) is 0 Å². The first-order chi connectivity index (χ1) is 13.1. The number of aromatic nitrogens is 3. The second kappa shape index (κ2) is 6.89. The van der Waals surface area contributed by atoms with Gasteiger partial charge >= 0.3 is 0 Å². The van der Waals surface area contributed by atoms with Crippen molar-refractivity contribution in [1.29, 1.82) is 0 Å². The van der Waals surface area contributed by atoms with Crippen LogP contribution in [0, 0.1) is 11.6 Å². The predicted molar refractivity (Wildman–Crippen MR) is 103 cm³/mol. The molecular formula is C20H13ClF2N4. The maximum Gasteiger partial charge on any atom is 0.163 e. The molecule has 4 rings (SSSR count). The van der Waals surface area contributed by atoms with Gasteiger partial charge in [-0.25, -0.2) is 18.7 Å². The molecule has 0 atom stereocenters. The van der Waals surface area contributed by atoms with Crippen LogP contribution in [0.3, 0.4) is 0 Å². The van der Waals surface area contributed by atoms with Gasteiger partial charge in [-0.1, -0.05) is 11.6 Å². The van der Waals surface area contributed by atoms with Crippen LogP contribution in [-0.4, -0.2) is 22.0 Å². The van der Waals surface area contributed by atoms with Gasteiger partial charge < -0.3 is 5.32 Å². The summed E-state index contributed by atoms with van der Waals surface area (Å²) in [6.45, 7) is 0. The third kappa shape index (κ3) is 3.19. The lowest BCUT2D eigenvalue weighted by Gasteiger charge is -2.12. The van der Waals surface area contributed by atoms with E-state index in [0.29, 0.717) is 22.7 Å². The number of benzene rings is 2. The number of rotatable bonds is 3. The number of fused-ring (bicyclic) bond motifs is 1. The number of nitrogens with zero attached hydrogens (tertiary/aromatic N) is 3. The fourth-order valence-electron chi connectivity index (χ4n) is 2.92. The van der Waals surface area contributed by atoms with E-state index < -0.39 is 11.6 Å². The molecule has 1 N–H and O–H groups in total. The molecule has 4 aromatic rings. The van der Waals surface area contributed by atoms with Crippen LogP contribution in [0.15, 0.2) is 54.9 Å². The van der Waals surface area contributed by atoms with Gasteiger partial charge in [0.25, 0.3) is 0 Å². The summed E-state index contributed by atoms with van der Waals surface area (Å²) < 4.78 is 29.0. The number of pyridine rings is 1. The van der Waals surface area contributed by atoms with Gasteiger partial charge in [0.15, 0.2) is 5.82 Å². The Morgan fingerprint density at radius 1 is 1.00 bits per heavy atom. The summed E-state index contributed by atoms with van der Waals surface area (Å²) in [5.41, 5.74) is 1.71. The van der Waals surface area contributed by atoms with Crippen molar-refractivity contribution >= 4 is 28.3 Å². The van der Waals surface area contributed by atoms with Crippen molar-refractivity contribution in [1.82, 2.24) is 15.0 Å². The summed E-state index contributed by atoms with van der Waals surface area (Å²) in [6.07, 6.45) is 3.29. The fourth-order valence-corrected chi connectivity index (χ4v) is 3.14. The van der Waals surface area contributed by atoms with Crippen LogP contribution in [0.4, 0.5) is 14.6 Å². The highest BCUT2D eigenvalue weighted by molar-refractivity contribution is 6.30. The van der Waals surface area contributed by atoms with Crippen LogP contribution in [0.1, 0.15) is 0 Å². The molecule has 0 radical (unpaired) electrons. The quantitative estimate of drug-likeness (QED) is 0.520. The average Bonchev–Trinajstić information content (AvgIpc) is 2.67. The van der Waals surface area contributed by atoms with Gasteiger partial charge in [0.2, 0.25) is 0 Å². The molecule has 0 aliphatic heterocycles. The highest BCUT2D eigenvalue weighted by Gasteiger charge is 2.17. The third-order valence-corrected chi connectivity index (χ3v) is 4.35. The van der Waals surface area contributed by atoms with E-state index in [1.165, 1.54) is 18.2 Å². The van der Waals surface area contributed by atoms with Crippen molar-refractivity contribution in [2.75, 3.05) is 12.4 Å². The first kappa shape index (κ1) is 17.3. The molecule has 0 amide bonds. The van der Waals surface area contributed by atoms with E-state index in [-0.39, 0.29) is 16.0 Å². The molecular weight excluding hydrogens is 370 g/mol. The molecule has 0 aliphatic carbocycles. The Kier molecular flexibility index (Phi) is 4.41. The number of hydrogen-bond acceptors (Lipinski definition) is 4.